The van der Waals surface area contributed by atoms with E-state index in [2.05, 4.69) is 23.1 Å². The third kappa shape index (κ3) is 5.44. The van der Waals surface area contributed by atoms with Crippen LogP contribution in [0.1, 0.15) is 43.4 Å². The molecular weight excluding hydrogens is 381 g/mol. The zero-order valence-corrected chi connectivity index (χ0v) is 16.6. The zero-order chi connectivity index (χ0) is 19.9. The number of carbonyl (C=O) groups is 1. The summed E-state index contributed by atoms with van der Waals surface area (Å²) in [6, 6.07) is 11.8. The maximum absolute atomic E-state index is 13.1. The predicted molar refractivity (Wildman–Crippen MR) is 108 cm³/mol. The van der Waals surface area contributed by atoms with Crippen molar-refractivity contribution in [1.29, 1.82) is 0 Å². The number of amides is 1. The minimum Gasteiger partial charge on any atom is -0.494 e. The molecule has 150 valence electrons. The van der Waals surface area contributed by atoms with E-state index < -0.39 is 5.82 Å². The van der Waals surface area contributed by atoms with Gasteiger partial charge in [-0.25, -0.2) is 15.2 Å². The highest BCUT2D eigenvalue weighted by Gasteiger charge is 2.30. The van der Waals surface area contributed by atoms with E-state index >= 15 is 0 Å². The minimum atomic E-state index is -0.397. The Morgan fingerprint density at radius 1 is 1.25 bits per heavy atom. The zero-order valence-electron chi connectivity index (χ0n) is 15.8. The fourth-order valence-corrected chi connectivity index (χ4v) is 3.28. The van der Waals surface area contributed by atoms with Crippen LogP contribution >= 0.6 is 11.6 Å². The molecule has 1 aliphatic heterocycles. The van der Waals surface area contributed by atoms with Gasteiger partial charge in [-0.15, -0.1) is 0 Å². The molecule has 1 heterocycles. The van der Waals surface area contributed by atoms with Gasteiger partial charge in [0.1, 0.15) is 17.6 Å². The first kappa shape index (κ1) is 20.6. The molecule has 1 amide bonds. The molecule has 2 atom stereocenters. The molecule has 2 aromatic carbocycles. The van der Waals surface area contributed by atoms with E-state index in [-0.39, 0.29) is 24.5 Å². The largest absolute Gasteiger partial charge is 0.494 e. The first-order valence-corrected chi connectivity index (χ1v) is 9.90. The van der Waals surface area contributed by atoms with Crippen LogP contribution in [0.2, 0.25) is 5.02 Å². The highest BCUT2D eigenvalue weighted by atomic mass is 35.5. The van der Waals surface area contributed by atoms with Crippen LogP contribution in [-0.2, 0) is 11.3 Å². The van der Waals surface area contributed by atoms with Gasteiger partial charge in [-0.2, -0.15) is 0 Å². The normalized spacial score (nSPS) is 18.8. The fraction of sp³-hybridized carbons (Fsp3) is 0.381. The van der Waals surface area contributed by atoms with Crippen LogP contribution in [0, 0.1) is 5.82 Å². The number of hydrogen-bond donors (Lipinski definition) is 3. The summed E-state index contributed by atoms with van der Waals surface area (Å²) in [5.74, 6) is 0.329. The Kier molecular flexibility index (Phi) is 7.25. The molecule has 3 rings (SSSR count). The molecular formula is C21H25ClFN3O2. The van der Waals surface area contributed by atoms with E-state index in [9.17, 15) is 9.18 Å². The van der Waals surface area contributed by atoms with Crippen molar-refractivity contribution in [2.45, 2.75) is 44.8 Å². The quantitative estimate of drug-likeness (QED) is 0.583. The lowest BCUT2D eigenvalue weighted by Gasteiger charge is -2.12. The van der Waals surface area contributed by atoms with Crippen LogP contribution in [0.5, 0.6) is 5.75 Å². The molecule has 0 spiro atoms. The van der Waals surface area contributed by atoms with Gasteiger partial charge in [0.05, 0.1) is 6.61 Å². The van der Waals surface area contributed by atoms with Crippen LogP contribution in [0.15, 0.2) is 42.5 Å². The van der Waals surface area contributed by atoms with Gasteiger partial charge in [-0.3, -0.25) is 4.79 Å². The van der Waals surface area contributed by atoms with Crippen LogP contribution in [0.4, 0.5) is 4.39 Å². The van der Waals surface area contributed by atoms with Gasteiger partial charge in [0.2, 0.25) is 5.91 Å². The average molecular weight is 406 g/mol. The van der Waals surface area contributed by atoms with E-state index in [4.69, 9.17) is 16.3 Å². The van der Waals surface area contributed by atoms with Gasteiger partial charge in [-0.05, 0) is 48.2 Å². The second-order valence-electron chi connectivity index (χ2n) is 6.85. The van der Waals surface area contributed by atoms with E-state index in [0.29, 0.717) is 17.0 Å². The van der Waals surface area contributed by atoms with Crippen molar-refractivity contribution in [3.8, 4) is 5.75 Å². The summed E-state index contributed by atoms with van der Waals surface area (Å²) in [6.07, 6.45) is 2.77. The number of benzene rings is 2. The molecule has 28 heavy (non-hydrogen) atoms. The van der Waals surface area contributed by atoms with Gasteiger partial charge in [-0.1, -0.05) is 43.1 Å². The molecule has 2 unspecified atom stereocenters. The first-order chi connectivity index (χ1) is 13.6. The lowest BCUT2D eigenvalue weighted by Crippen LogP contribution is -2.42. The van der Waals surface area contributed by atoms with Crippen molar-refractivity contribution < 1.29 is 13.9 Å². The SMILES string of the molecule is CCCCOc1ccc(C2CC(C(=O)NCc3ccc(F)cc3Cl)NN2)cc1. The summed E-state index contributed by atoms with van der Waals surface area (Å²) < 4.78 is 18.8. The molecule has 1 aliphatic rings. The summed E-state index contributed by atoms with van der Waals surface area (Å²) in [4.78, 5) is 12.4. The molecule has 5 nitrogen and oxygen atoms in total. The van der Waals surface area contributed by atoms with E-state index in [1.54, 1.807) is 6.07 Å². The Morgan fingerprint density at radius 3 is 2.75 bits per heavy atom. The Bertz CT molecular complexity index is 801. The van der Waals surface area contributed by atoms with Crippen LogP contribution in [0.3, 0.4) is 0 Å². The minimum absolute atomic E-state index is 0.0369. The molecule has 0 radical (unpaired) electrons. The number of nitrogens with one attached hydrogen (secondary N) is 3. The predicted octanol–water partition coefficient (Wildman–Crippen LogP) is 3.88. The van der Waals surface area contributed by atoms with Crippen molar-refractivity contribution in [3.63, 3.8) is 0 Å². The number of hydrazine groups is 1. The maximum Gasteiger partial charge on any atom is 0.238 e. The molecule has 0 saturated carbocycles. The number of halogens is 2. The lowest BCUT2D eigenvalue weighted by atomic mass is 10.0. The summed E-state index contributed by atoms with van der Waals surface area (Å²) in [6.45, 7) is 3.11. The third-order valence-electron chi connectivity index (χ3n) is 4.74. The number of ether oxygens (including phenoxy) is 1. The van der Waals surface area contributed by atoms with Crippen molar-refractivity contribution in [1.82, 2.24) is 16.2 Å². The van der Waals surface area contributed by atoms with Crippen molar-refractivity contribution in [2.24, 2.45) is 0 Å². The van der Waals surface area contributed by atoms with Crippen molar-refractivity contribution >= 4 is 17.5 Å². The molecule has 1 fully saturated rings. The highest BCUT2D eigenvalue weighted by molar-refractivity contribution is 6.31. The summed E-state index contributed by atoms with van der Waals surface area (Å²) in [7, 11) is 0. The van der Waals surface area contributed by atoms with E-state index in [1.165, 1.54) is 12.1 Å². The molecule has 7 heteroatoms. The smallest absolute Gasteiger partial charge is 0.238 e. The van der Waals surface area contributed by atoms with Crippen molar-refractivity contribution in [2.75, 3.05) is 6.61 Å². The number of unbranched alkanes of at least 4 members (excludes halogenated alkanes) is 1. The summed E-state index contributed by atoms with van der Waals surface area (Å²) in [5, 5.41) is 3.15. The summed E-state index contributed by atoms with van der Waals surface area (Å²) in [5.41, 5.74) is 7.97. The van der Waals surface area contributed by atoms with Gasteiger partial charge in [0, 0.05) is 17.6 Å². The van der Waals surface area contributed by atoms with Gasteiger partial charge >= 0.3 is 0 Å². The highest BCUT2D eigenvalue weighted by Crippen LogP contribution is 2.25. The van der Waals surface area contributed by atoms with Gasteiger partial charge in [0.15, 0.2) is 0 Å². The topological polar surface area (TPSA) is 62.4 Å². The van der Waals surface area contributed by atoms with Crippen LogP contribution < -0.4 is 20.9 Å². The average Bonchev–Trinajstić information content (AvgIpc) is 3.18. The summed E-state index contributed by atoms with van der Waals surface area (Å²) >= 11 is 6.00. The Balaban J connectivity index is 1.49. The first-order valence-electron chi connectivity index (χ1n) is 9.52. The third-order valence-corrected chi connectivity index (χ3v) is 5.09. The second kappa shape index (κ2) is 9.87. The van der Waals surface area contributed by atoms with Crippen LogP contribution in [0.25, 0.3) is 0 Å². The molecule has 0 bridgehead atoms. The number of rotatable bonds is 8. The Hall–Kier alpha value is -2.15. The second-order valence-corrected chi connectivity index (χ2v) is 7.26. The van der Waals surface area contributed by atoms with E-state index in [0.717, 1.165) is 30.8 Å². The monoisotopic (exact) mass is 405 g/mol. The molecule has 0 aromatic heterocycles. The number of hydrogen-bond acceptors (Lipinski definition) is 4. The molecule has 0 aliphatic carbocycles. The maximum atomic E-state index is 13.1. The molecule has 1 saturated heterocycles. The van der Waals surface area contributed by atoms with Crippen molar-refractivity contribution in [3.05, 3.63) is 64.4 Å². The van der Waals surface area contributed by atoms with Gasteiger partial charge in [0.25, 0.3) is 0 Å². The van der Waals surface area contributed by atoms with Gasteiger partial charge < -0.3 is 10.1 Å². The number of carbonyl (C=O) groups excluding carboxylic acids is 1. The van der Waals surface area contributed by atoms with E-state index in [1.807, 2.05) is 24.3 Å². The lowest BCUT2D eigenvalue weighted by molar-refractivity contribution is -0.123. The van der Waals surface area contributed by atoms with Crippen LogP contribution in [-0.4, -0.2) is 18.6 Å². The molecule has 3 N–H and O–H groups in total. The standard InChI is InChI=1S/C21H25ClFN3O2/c1-2-3-10-28-17-8-5-14(6-9-17)19-12-20(26-25-19)21(27)24-13-15-4-7-16(23)11-18(15)22/h4-9,11,19-20,25-26H,2-3,10,12-13H2,1H3,(H,24,27). The molecule has 2 aromatic rings. The fourth-order valence-electron chi connectivity index (χ4n) is 3.05. The Morgan fingerprint density at radius 2 is 2.04 bits per heavy atom. The Labute approximate surface area is 169 Å².